The second-order valence-electron chi connectivity index (χ2n) is 4.46. The van der Waals surface area contributed by atoms with Gasteiger partial charge in [0.25, 0.3) is 5.91 Å². The molecule has 0 fully saturated rings. The van der Waals surface area contributed by atoms with Crippen LogP contribution in [0.2, 0.25) is 0 Å². The molecule has 0 atom stereocenters. The summed E-state index contributed by atoms with van der Waals surface area (Å²) in [4.78, 5) is 16.1. The minimum absolute atomic E-state index is 0.142. The van der Waals surface area contributed by atoms with Crippen molar-refractivity contribution in [3.63, 3.8) is 0 Å². The summed E-state index contributed by atoms with van der Waals surface area (Å²) in [5.74, 6) is 0.737. The van der Waals surface area contributed by atoms with Gasteiger partial charge in [0.05, 0.1) is 0 Å². The predicted octanol–water partition coefficient (Wildman–Crippen LogP) is 2.01. The second kappa shape index (κ2) is 6.85. The first-order chi connectivity index (χ1) is 9.61. The summed E-state index contributed by atoms with van der Waals surface area (Å²) in [6.07, 6.45) is 4.32. The smallest absolute Gasteiger partial charge is 0.270 e. The van der Waals surface area contributed by atoms with E-state index in [1.54, 1.807) is 11.7 Å². The van der Waals surface area contributed by atoms with E-state index in [-0.39, 0.29) is 5.91 Å². The molecule has 0 aromatic carbocycles. The topological polar surface area (TPSA) is 72.7 Å². The van der Waals surface area contributed by atoms with Gasteiger partial charge in [-0.05, 0) is 20.1 Å². The number of hydrogen-bond acceptors (Lipinski definition) is 6. The molecule has 0 aliphatic carbocycles. The van der Waals surface area contributed by atoms with Crippen LogP contribution >= 0.6 is 23.1 Å². The maximum absolute atomic E-state index is 11.9. The van der Waals surface area contributed by atoms with Gasteiger partial charge in [-0.15, -0.1) is 21.5 Å². The van der Waals surface area contributed by atoms with Crippen molar-refractivity contribution in [1.82, 2.24) is 25.1 Å². The zero-order valence-corrected chi connectivity index (χ0v) is 13.3. The Balaban J connectivity index is 1.86. The number of carbonyl (C=O) groups is 1. The summed E-state index contributed by atoms with van der Waals surface area (Å²) in [5, 5.41) is 12.6. The lowest BCUT2D eigenvalue weighted by molar-refractivity contribution is 0.0949. The normalized spacial score (nSPS) is 11.0. The molecule has 20 heavy (non-hydrogen) atoms. The first kappa shape index (κ1) is 15.0. The lowest BCUT2D eigenvalue weighted by Crippen LogP contribution is -2.26. The Kier molecular flexibility index (Phi) is 5.13. The van der Waals surface area contributed by atoms with E-state index in [1.807, 2.05) is 10.8 Å². The van der Waals surface area contributed by atoms with Crippen LogP contribution in [0.1, 0.15) is 36.2 Å². The zero-order chi connectivity index (χ0) is 14.5. The number of carbonyl (C=O) groups excluding carboxylic acids is 1. The van der Waals surface area contributed by atoms with Crippen molar-refractivity contribution in [2.24, 2.45) is 0 Å². The molecule has 1 N–H and O–H groups in total. The third-order valence-corrected chi connectivity index (χ3v) is 4.59. The van der Waals surface area contributed by atoms with Crippen LogP contribution < -0.4 is 5.32 Å². The Hall–Kier alpha value is -1.41. The monoisotopic (exact) mass is 311 g/mol. The molecule has 1 amide bonds. The van der Waals surface area contributed by atoms with Crippen LogP contribution in [-0.4, -0.2) is 38.5 Å². The van der Waals surface area contributed by atoms with Gasteiger partial charge in [0.15, 0.2) is 0 Å². The lowest BCUT2D eigenvalue weighted by atomic mass is 10.3. The van der Waals surface area contributed by atoms with Gasteiger partial charge in [0.1, 0.15) is 22.2 Å². The number of amides is 1. The highest BCUT2D eigenvalue weighted by atomic mass is 32.2. The average Bonchev–Trinajstić information content (AvgIpc) is 3.07. The number of aromatic nitrogens is 4. The van der Waals surface area contributed by atoms with Gasteiger partial charge in [-0.2, -0.15) is 0 Å². The van der Waals surface area contributed by atoms with Crippen LogP contribution in [0.5, 0.6) is 0 Å². The molecule has 0 bridgehead atoms. The molecule has 2 aromatic rings. The van der Waals surface area contributed by atoms with Gasteiger partial charge >= 0.3 is 0 Å². The number of nitrogens with one attached hydrogen (secondary N) is 1. The zero-order valence-electron chi connectivity index (χ0n) is 11.7. The molecular formula is C12H17N5OS2. The fourth-order valence-corrected chi connectivity index (χ4v) is 2.95. The van der Waals surface area contributed by atoms with Gasteiger partial charge in [-0.3, -0.25) is 4.79 Å². The van der Waals surface area contributed by atoms with Crippen LogP contribution in [0, 0.1) is 0 Å². The Bertz CT molecular complexity index is 578. The number of rotatable bonds is 6. The molecule has 0 radical (unpaired) electrons. The Morgan fingerprint density at radius 1 is 1.55 bits per heavy atom. The molecule has 2 rings (SSSR count). The van der Waals surface area contributed by atoms with Crippen molar-refractivity contribution in [3.05, 3.63) is 23.2 Å². The van der Waals surface area contributed by atoms with Crippen LogP contribution in [0.4, 0.5) is 0 Å². The molecule has 108 valence electrons. The highest BCUT2D eigenvalue weighted by Gasteiger charge is 2.11. The summed E-state index contributed by atoms with van der Waals surface area (Å²) >= 11 is 3.02. The summed E-state index contributed by atoms with van der Waals surface area (Å²) in [7, 11) is 0. The SMILES string of the molecule is CSc1nc(C(=O)NCCc2nncn2C(C)C)cs1. The number of nitrogens with zero attached hydrogens (tertiary/aromatic N) is 4. The Morgan fingerprint density at radius 2 is 2.35 bits per heavy atom. The molecular weight excluding hydrogens is 294 g/mol. The molecule has 2 aromatic heterocycles. The van der Waals surface area contributed by atoms with Crippen LogP contribution in [0.25, 0.3) is 0 Å². The first-order valence-electron chi connectivity index (χ1n) is 6.28. The van der Waals surface area contributed by atoms with Crippen LogP contribution in [0.15, 0.2) is 16.0 Å². The van der Waals surface area contributed by atoms with E-state index in [0.717, 1.165) is 10.2 Å². The highest BCUT2D eigenvalue weighted by molar-refractivity contribution is 8.00. The summed E-state index contributed by atoms with van der Waals surface area (Å²) in [5.41, 5.74) is 0.477. The van der Waals surface area contributed by atoms with E-state index in [9.17, 15) is 4.79 Å². The summed E-state index contributed by atoms with van der Waals surface area (Å²) < 4.78 is 2.90. The molecule has 0 aliphatic rings. The summed E-state index contributed by atoms with van der Waals surface area (Å²) in [6.45, 7) is 4.67. The summed E-state index contributed by atoms with van der Waals surface area (Å²) in [6, 6.07) is 0.318. The van der Waals surface area contributed by atoms with Crippen molar-refractivity contribution in [2.75, 3.05) is 12.8 Å². The standard InChI is InChI=1S/C12H17N5OS2/c1-8(2)17-7-14-16-10(17)4-5-13-11(18)9-6-20-12(15-9)19-3/h6-8H,4-5H2,1-3H3,(H,13,18). The molecule has 0 unspecified atom stereocenters. The van der Waals surface area contributed by atoms with Crippen molar-refractivity contribution >= 4 is 29.0 Å². The Morgan fingerprint density at radius 3 is 3.00 bits per heavy atom. The van der Waals surface area contributed by atoms with Gasteiger partial charge in [-0.1, -0.05) is 11.8 Å². The number of thioether (sulfide) groups is 1. The molecule has 0 spiro atoms. The fraction of sp³-hybridized carbons (Fsp3) is 0.500. The number of thiazole rings is 1. The van der Waals surface area contributed by atoms with Crippen molar-refractivity contribution in [3.8, 4) is 0 Å². The van der Waals surface area contributed by atoms with E-state index in [0.29, 0.717) is 24.7 Å². The van der Waals surface area contributed by atoms with Gasteiger partial charge < -0.3 is 9.88 Å². The van der Waals surface area contributed by atoms with Crippen LogP contribution in [0.3, 0.4) is 0 Å². The Labute approximate surface area is 126 Å². The van der Waals surface area contributed by atoms with Gasteiger partial charge in [0.2, 0.25) is 0 Å². The maximum atomic E-state index is 11.9. The average molecular weight is 311 g/mol. The van der Waals surface area contributed by atoms with Gasteiger partial charge in [-0.25, -0.2) is 4.98 Å². The van der Waals surface area contributed by atoms with Crippen molar-refractivity contribution < 1.29 is 4.79 Å². The van der Waals surface area contributed by atoms with E-state index < -0.39 is 0 Å². The van der Waals surface area contributed by atoms with E-state index in [4.69, 9.17) is 0 Å². The van der Waals surface area contributed by atoms with Crippen LogP contribution in [-0.2, 0) is 6.42 Å². The van der Waals surface area contributed by atoms with Gasteiger partial charge in [0, 0.05) is 24.4 Å². The minimum atomic E-state index is -0.142. The minimum Gasteiger partial charge on any atom is -0.350 e. The number of hydrogen-bond donors (Lipinski definition) is 1. The maximum Gasteiger partial charge on any atom is 0.270 e. The highest BCUT2D eigenvalue weighted by Crippen LogP contribution is 2.19. The third-order valence-electron chi connectivity index (χ3n) is 2.73. The molecule has 0 saturated carbocycles. The van der Waals surface area contributed by atoms with Crippen molar-refractivity contribution in [2.45, 2.75) is 30.6 Å². The lowest BCUT2D eigenvalue weighted by Gasteiger charge is -2.09. The fourth-order valence-electron chi connectivity index (χ4n) is 1.71. The molecule has 2 heterocycles. The first-order valence-corrected chi connectivity index (χ1v) is 8.38. The molecule has 8 heteroatoms. The van der Waals surface area contributed by atoms with E-state index in [2.05, 4.69) is 34.3 Å². The quantitative estimate of drug-likeness (QED) is 0.826. The predicted molar refractivity (Wildman–Crippen MR) is 80.3 cm³/mol. The van der Waals surface area contributed by atoms with E-state index in [1.165, 1.54) is 23.1 Å². The van der Waals surface area contributed by atoms with Crippen molar-refractivity contribution in [1.29, 1.82) is 0 Å². The molecule has 0 aliphatic heterocycles. The largest absolute Gasteiger partial charge is 0.350 e. The third kappa shape index (κ3) is 3.57. The molecule has 6 nitrogen and oxygen atoms in total. The van der Waals surface area contributed by atoms with E-state index >= 15 is 0 Å². The second-order valence-corrected chi connectivity index (χ2v) is 6.37. The molecule has 0 saturated heterocycles.